The van der Waals surface area contributed by atoms with Crippen LogP contribution in [-0.2, 0) is 4.74 Å². The van der Waals surface area contributed by atoms with Gasteiger partial charge in [-0.25, -0.2) is 0 Å². The molecule has 2 unspecified atom stereocenters. The third-order valence-corrected chi connectivity index (χ3v) is 3.20. The lowest BCUT2D eigenvalue weighted by Crippen LogP contribution is -2.25. The lowest BCUT2D eigenvalue weighted by Gasteiger charge is -2.14. The third kappa shape index (κ3) is 3.60. The minimum atomic E-state index is 0.185. The molecule has 2 rings (SSSR count). The van der Waals surface area contributed by atoms with E-state index in [0.29, 0.717) is 17.7 Å². The standard InChI is InChI=1S/C13H18ClNO2/c1-15-8-10-6-7-11(17-10)9-16-13-5-3-2-4-12(13)14/h2-5,10-11,15H,6-9H2,1H3. The quantitative estimate of drug-likeness (QED) is 0.877. The van der Waals surface area contributed by atoms with Crippen LogP contribution in [0.5, 0.6) is 5.75 Å². The zero-order valence-electron chi connectivity index (χ0n) is 9.99. The average molecular weight is 256 g/mol. The summed E-state index contributed by atoms with van der Waals surface area (Å²) < 4.78 is 11.5. The van der Waals surface area contributed by atoms with Gasteiger partial charge in [-0.05, 0) is 32.0 Å². The Labute approximate surface area is 107 Å². The van der Waals surface area contributed by atoms with Crippen LogP contribution in [0.15, 0.2) is 24.3 Å². The summed E-state index contributed by atoms with van der Waals surface area (Å²) in [4.78, 5) is 0. The summed E-state index contributed by atoms with van der Waals surface area (Å²) in [6.07, 6.45) is 2.65. The number of rotatable bonds is 5. The summed E-state index contributed by atoms with van der Waals surface area (Å²) >= 11 is 6.01. The molecule has 1 heterocycles. The molecule has 4 heteroatoms. The number of nitrogens with one attached hydrogen (secondary N) is 1. The molecule has 0 aliphatic carbocycles. The van der Waals surface area contributed by atoms with E-state index >= 15 is 0 Å². The van der Waals surface area contributed by atoms with Crippen LogP contribution < -0.4 is 10.1 Å². The van der Waals surface area contributed by atoms with Gasteiger partial charge < -0.3 is 14.8 Å². The molecule has 1 aromatic carbocycles. The van der Waals surface area contributed by atoms with Gasteiger partial charge in [-0.1, -0.05) is 23.7 Å². The van der Waals surface area contributed by atoms with Crippen LogP contribution in [0.2, 0.25) is 5.02 Å². The first-order chi connectivity index (χ1) is 8.29. The van der Waals surface area contributed by atoms with Gasteiger partial charge in [0.15, 0.2) is 0 Å². The molecule has 1 aliphatic rings. The van der Waals surface area contributed by atoms with Gasteiger partial charge in [0, 0.05) is 6.54 Å². The summed E-state index contributed by atoms with van der Waals surface area (Å²) in [6.45, 7) is 1.48. The van der Waals surface area contributed by atoms with E-state index < -0.39 is 0 Å². The van der Waals surface area contributed by atoms with Gasteiger partial charge in [-0.2, -0.15) is 0 Å². The van der Waals surface area contributed by atoms with Crippen molar-refractivity contribution in [2.24, 2.45) is 0 Å². The zero-order valence-corrected chi connectivity index (χ0v) is 10.7. The first-order valence-electron chi connectivity index (χ1n) is 5.97. The first-order valence-corrected chi connectivity index (χ1v) is 6.35. The normalized spacial score (nSPS) is 23.9. The topological polar surface area (TPSA) is 30.5 Å². The highest BCUT2D eigenvalue weighted by molar-refractivity contribution is 6.32. The molecule has 0 spiro atoms. The fraction of sp³-hybridized carbons (Fsp3) is 0.538. The summed E-state index contributed by atoms with van der Waals surface area (Å²) in [6, 6.07) is 7.52. The van der Waals surface area contributed by atoms with Crippen LogP contribution in [0.4, 0.5) is 0 Å². The maximum Gasteiger partial charge on any atom is 0.138 e. The Kier molecular flexibility index (Phi) is 4.66. The fourth-order valence-electron chi connectivity index (χ4n) is 2.03. The second kappa shape index (κ2) is 6.24. The van der Waals surface area contributed by atoms with Crippen molar-refractivity contribution in [3.05, 3.63) is 29.3 Å². The van der Waals surface area contributed by atoms with E-state index in [-0.39, 0.29) is 6.10 Å². The van der Waals surface area contributed by atoms with Crippen LogP contribution in [0.1, 0.15) is 12.8 Å². The number of likely N-dealkylation sites (N-methyl/N-ethyl adjacent to an activating group) is 1. The Morgan fingerprint density at radius 3 is 2.88 bits per heavy atom. The van der Waals surface area contributed by atoms with Crippen LogP contribution in [-0.4, -0.2) is 32.4 Å². The van der Waals surface area contributed by atoms with E-state index in [0.717, 1.165) is 25.1 Å². The molecule has 1 aliphatic heterocycles. The van der Waals surface area contributed by atoms with Gasteiger partial charge in [-0.15, -0.1) is 0 Å². The van der Waals surface area contributed by atoms with Crippen molar-refractivity contribution in [1.29, 1.82) is 0 Å². The number of halogens is 1. The van der Waals surface area contributed by atoms with Gasteiger partial charge in [0.1, 0.15) is 12.4 Å². The molecule has 0 radical (unpaired) electrons. The largest absolute Gasteiger partial charge is 0.489 e. The molecule has 3 nitrogen and oxygen atoms in total. The SMILES string of the molecule is CNCC1CCC(COc2ccccc2Cl)O1. The molecule has 1 aromatic rings. The molecular weight excluding hydrogens is 238 g/mol. The fourth-order valence-corrected chi connectivity index (χ4v) is 2.22. The molecular formula is C13H18ClNO2. The molecule has 0 saturated carbocycles. The molecule has 17 heavy (non-hydrogen) atoms. The first kappa shape index (κ1) is 12.7. The summed E-state index contributed by atoms with van der Waals surface area (Å²) in [7, 11) is 1.94. The molecule has 0 aromatic heterocycles. The highest BCUT2D eigenvalue weighted by Crippen LogP contribution is 2.25. The van der Waals surface area contributed by atoms with Crippen molar-refractivity contribution in [1.82, 2.24) is 5.32 Å². The van der Waals surface area contributed by atoms with Crippen molar-refractivity contribution < 1.29 is 9.47 Å². The van der Waals surface area contributed by atoms with Crippen molar-refractivity contribution >= 4 is 11.6 Å². The second-order valence-electron chi connectivity index (χ2n) is 4.26. The Balaban J connectivity index is 1.78. The van der Waals surface area contributed by atoms with Gasteiger partial charge >= 0.3 is 0 Å². The maximum absolute atomic E-state index is 6.01. The molecule has 0 amide bonds. The van der Waals surface area contributed by atoms with Crippen LogP contribution >= 0.6 is 11.6 Å². The summed E-state index contributed by atoms with van der Waals surface area (Å²) in [5.41, 5.74) is 0. The van der Waals surface area contributed by atoms with Gasteiger partial charge in [-0.3, -0.25) is 0 Å². The molecule has 2 atom stereocenters. The minimum Gasteiger partial charge on any atom is -0.489 e. The highest BCUT2D eigenvalue weighted by Gasteiger charge is 2.25. The second-order valence-corrected chi connectivity index (χ2v) is 4.66. The molecule has 1 saturated heterocycles. The number of hydrogen-bond donors (Lipinski definition) is 1. The van der Waals surface area contributed by atoms with Crippen LogP contribution in [0, 0.1) is 0 Å². The van der Waals surface area contributed by atoms with E-state index in [9.17, 15) is 0 Å². The summed E-state index contributed by atoms with van der Waals surface area (Å²) in [5.74, 6) is 0.731. The Morgan fingerprint density at radius 1 is 1.35 bits per heavy atom. The summed E-state index contributed by atoms with van der Waals surface area (Å²) in [5, 5.41) is 3.78. The van der Waals surface area contributed by atoms with E-state index in [1.165, 1.54) is 0 Å². The lowest BCUT2D eigenvalue weighted by molar-refractivity contribution is 0.0194. The van der Waals surface area contributed by atoms with Gasteiger partial charge in [0.25, 0.3) is 0 Å². The number of hydrogen-bond acceptors (Lipinski definition) is 3. The van der Waals surface area contributed by atoms with Gasteiger partial charge in [0.05, 0.1) is 17.2 Å². The maximum atomic E-state index is 6.01. The lowest BCUT2D eigenvalue weighted by atomic mass is 10.2. The van der Waals surface area contributed by atoms with Gasteiger partial charge in [0.2, 0.25) is 0 Å². The average Bonchev–Trinajstić information content (AvgIpc) is 2.76. The zero-order chi connectivity index (χ0) is 12.1. The van der Waals surface area contributed by atoms with E-state index in [1.54, 1.807) is 0 Å². The number of benzene rings is 1. The molecule has 0 bridgehead atoms. The predicted octanol–water partition coefficient (Wildman–Crippen LogP) is 2.49. The Morgan fingerprint density at radius 2 is 2.12 bits per heavy atom. The third-order valence-electron chi connectivity index (χ3n) is 2.89. The monoisotopic (exact) mass is 255 g/mol. The Bertz CT molecular complexity index is 359. The molecule has 1 fully saturated rings. The minimum absolute atomic E-state index is 0.185. The van der Waals surface area contributed by atoms with Crippen molar-refractivity contribution in [3.63, 3.8) is 0 Å². The van der Waals surface area contributed by atoms with E-state index in [2.05, 4.69) is 5.32 Å². The molecule has 94 valence electrons. The van der Waals surface area contributed by atoms with Crippen LogP contribution in [0.25, 0.3) is 0 Å². The smallest absolute Gasteiger partial charge is 0.138 e. The predicted molar refractivity (Wildman–Crippen MR) is 68.8 cm³/mol. The van der Waals surface area contributed by atoms with Crippen molar-refractivity contribution in [3.8, 4) is 5.75 Å². The van der Waals surface area contributed by atoms with Crippen molar-refractivity contribution in [2.45, 2.75) is 25.0 Å². The van der Waals surface area contributed by atoms with E-state index in [4.69, 9.17) is 21.1 Å². The molecule has 1 N–H and O–H groups in total. The van der Waals surface area contributed by atoms with Crippen molar-refractivity contribution in [2.75, 3.05) is 20.2 Å². The number of para-hydroxylation sites is 1. The number of ether oxygens (including phenoxy) is 2. The van der Waals surface area contributed by atoms with E-state index in [1.807, 2.05) is 31.3 Å². The Hall–Kier alpha value is -0.770. The van der Waals surface area contributed by atoms with Crippen LogP contribution in [0.3, 0.4) is 0 Å². The highest BCUT2D eigenvalue weighted by atomic mass is 35.5.